The molecule has 0 aliphatic carbocycles. The normalized spacial score (nSPS) is 9.92. The lowest BCUT2D eigenvalue weighted by Crippen LogP contribution is -2.39. The van der Waals surface area contributed by atoms with Crippen molar-refractivity contribution in [2.24, 2.45) is 11.7 Å². The summed E-state index contributed by atoms with van der Waals surface area (Å²) in [4.78, 5) is 21.9. The summed E-state index contributed by atoms with van der Waals surface area (Å²) in [5.74, 6) is -0.432. The SMILES string of the molecule is CC(C)CN(CC(N)=O)C(=O)O. The fraction of sp³-hybridized carbons (Fsp3) is 0.714. The number of hydrogen-bond acceptors (Lipinski definition) is 2. The summed E-state index contributed by atoms with van der Waals surface area (Å²) in [5, 5.41) is 8.59. The highest BCUT2D eigenvalue weighted by molar-refractivity contribution is 5.80. The van der Waals surface area contributed by atoms with E-state index in [1.807, 2.05) is 13.8 Å². The van der Waals surface area contributed by atoms with Crippen molar-refractivity contribution in [1.29, 1.82) is 0 Å². The van der Waals surface area contributed by atoms with Gasteiger partial charge in [0.25, 0.3) is 0 Å². The van der Waals surface area contributed by atoms with Gasteiger partial charge in [0, 0.05) is 6.54 Å². The predicted molar refractivity (Wildman–Crippen MR) is 43.6 cm³/mol. The Morgan fingerprint density at radius 1 is 1.50 bits per heavy atom. The molecule has 0 aromatic rings. The summed E-state index contributed by atoms with van der Waals surface area (Å²) in [6.45, 7) is 3.85. The van der Waals surface area contributed by atoms with Crippen LogP contribution in [0.2, 0.25) is 0 Å². The van der Waals surface area contributed by atoms with Gasteiger partial charge in [-0.2, -0.15) is 0 Å². The van der Waals surface area contributed by atoms with E-state index in [4.69, 9.17) is 10.8 Å². The van der Waals surface area contributed by atoms with Gasteiger partial charge in [-0.05, 0) is 5.92 Å². The van der Waals surface area contributed by atoms with Crippen molar-refractivity contribution in [2.45, 2.75) is 13.8 Å². The predicted octanol–water partition coefficient (Wildman–Crippen LogP) is 0.108. The number of carbonyl (C=O) groups is 2. The maximum atomic E-state index is 10.5. The van der Waals surface area contributed by atoms with Crippen molar-refractivity contribution in [3.63, 3.8) is 0 Å². The Labute approximate surface area is 71.1 Å². The van der Waals surface area contributed by atoms with Crippen LogP contribution in [0.1, 0.15) is 13.8 Å². The molecule has 0 radical (unpaired) electrons. The third kappa shape index (κ3) is 4.54. The number of hydrogen-bond donors (Lipinski definition) is 2. The lowest BCUT2D eigenvalue weighted by atomic mass is 10.2. The van der Waals surface area contributed by atoms with E-state index in [2.05, 4.69) is 0 Å². The summed E-state index contributed by atoms with van der Waals surface area (Å²) in [6, 6.07) is 0. The molecule has 0 rings (SSSR count). The largest absolute Gasteiger partial charge is 0.465 e. The van der Waals surface area contributed by atoms with Crippen LogP contribution in [0.3, 0.4) is 0 Å². The first kappa shape index (κ1) is 10.7. The molecule has 0 heterocycles. The van der Waals surface area contributed by atoms with E-state index in [1.54, 1.807) is 0 Å². The van der Waals surface area contributed by atoms with Gasteiger partial charge >= 0.3 is 6.09 Å². The molecular formula is C7H14N2O3. The molecule has 2 amide bonds. The van der Waals surface area contributed by atoms with E-state index in [0.717, 1.165) is 4.90 Å². The molecule has 0 fully saturated rings. The van der Waals surface area contributed by atoms with Crippen LogP contribution in [-0.2, 0) is 4.79 Å². The van der Waals surface area contributed by atoms with E-state index >= 15 is 0 Å². The molecule has 0 aromatic heterocycles. The minimum Gasteiger partial charge on any atom is -0.465 e. The van der Waals surface area contributed by atoms with Crippen molar-refractivity contribution in [3.05, 3.63) is 0 Å². The maximum absolute atomic E-state index is 10.5. The number of rotatable bonds is 4. The Morgan fingerprint density at radius 3 is 2.25 bits per heavy atom. The summed E-state index contributed by atoms with van der Waals surface area (Å²) < 4.78 is 0. The molecule has 12 heavy (non-hydrogen) atoms. The number of nitrogens with zero attached hydrogens (tertiary/aromatic N) is 1. The van der Waals surface area contributed by atoms with Crippen molar-refractivity contribution in [1.82, 2.24) is 4.90 Å². The van der Waals surface area contributed by atoms with Crippen molar-refractivity contribution < 1.29 is 14.7 Å². The minimum absolute atomic E-state index is 0.195. The number of amides is 2. The van der Waals surface area contributed by atoms with E-state index in [-0.39, 0.29) is 12.5 Å². The zero-order chi connectivity index (χ0) is 9.72. The molecule has 0 saturated heterocycles. The van der Waals surface area contributed by atoms with Gasteiger partial charge in [0.1, 0.15) is 6.54 Å². The van der Waals surface area contributed by atoms with Gasteiger partial charge in [-0.25, -0.2) is 4.79 Å². The van der Waals surface area contributed by atoms with Gasteiger partial charge in [-0.15, -0.1) is 0 Å². The van der Waals surface area contributed by atoms with E-state index < -0.39 is 12.0 Å². The third-order valence-corrected chi connectivity index (χ3v) is 1.20. The number of primary amides is 1. The third-order valence-electron chi connectivity index (χ3n) is 1.20. The van der Waals surface area contributed by atoms with Crippen LogP contribution in [0, 0.1) is 5.92 Å². The standard InChI is InChI=1S/C7H14N2O3/c1-5(2)3-9(7(11)12)4-6(8)10/h5H,3-4H2,1-2H3,(H2,8,10)(H,11,12). The smallest absolute Gasteiger partial charge is 0.407 e. The zero-order valence-electron chi connectivity index (χ0n) is 7.28. The minimum atomic E-state index is -1.11. The molecule has 0 aliphatic heterocycles. The lowest BCUT2D eigenvalue weighted by Gasteiger charge is -2.19. The maximum Gasteiger partial charge on any atom is 0.407 e. The highest BCUT2D eigenvalue weighted by Gasteiger charge is 2.14. The average Bonchev–Trinajstić information content (AvgIpc) is 1.83. The number of carboxylic acid groups (broad SMARTS) is 1. The first-order chi connectivity index (χ1) is 5.43. The molecule has 3 N–H and O–H groups in total. The second-order valence-corrected chi connectivity index (χ2v) is 3.02. The molecule has 0 aliphatic rings. The van der Waals surface area contributed by atoms with Gasteiger partial charge in [0.05, 0.1) is 0 Å². The van der Waals surface area contributed by atoms with Gasteiger partial charge in [-0.3, -0.25) is 9.69 Å². The Kier molecular flexibility index (Phi) is 4.10. The quantitative estimate of drug-likeness (QED) is 0.634. The molecule has 0 atom stereocenters. The molecule has 0 spiro atoms. The van der Waals surface area contributed by atoms with E-state index in [1.165, 1.54) is 0 Å². The fourth-order valence-electron chi connectivity index (χ4n) is 0.839. The second-order valence-electron chi connectivity index (χ2n) is 3.02. The van der Waals surface area contributed by atoms with Gasteiger partial charge in [0.2, 0.25) is 5.91 Å². The zero-order valence-corrected chi connectivity index (χ0v) is 7.28. The Bertz CT molecular complexity index is 179. The molecule has 70 valence electrons. The van der Waals surface area contributed by atoms with Crippen LogP contribution in [0.25, 0.3) is 0 Å². The second kappa shape index (κ2) is 4.58. The van der Waals surface area contributed by atoms with Gasteiger partial charge in [-0.1, -0.05) is 13.8 Å². The highest BCUT2D eigenvalue weighted by Crippen LogP contribution is 1.98. The number of nitrogens with two attached hydrogens (primary N) is 1. The molecule has 0 bridgehead atoms. The summed E-state index contributed by atoms with van der Waals surface area (Å²) in [6.07, 6.45) is -1.11. The summed E-state index contributed by atoms with van der Waals surface area (Å²) in [5.41, 5.74) is 4.86. The van der Waals surface area contributed by atoms with Crippen molar-refractivity contribution in [2.75, 3.05) is 13.1 Å². The monoisotopic (exact) mass is 174 g/mol. The van der Waals surface area contributed by atoms with Crippen molar-refractivity contribution >= 4 is 12.0 Å². The van der Waals surface area contributed by atoms with Crippen LogP contribution in [0.4, 0.5) is 4.79 Å². The molecule has 5 heteroatoms. The first-order valence-electron chi connectivity index (χ1n) is 3.69. The van der Waals surface area contributed by atoms with Crippen LogP contribution in [0.15, 0.2) is 0 Å². The van der Waals surface area contributed by atoms with Crippen molar-refractivity contribution in [3.8, 4) is 0 Å². The van der Waals surface area contributed by atoms with E-state index in [0.29, 0.717) is 6.54 Å². The fourth-order valence-corrected chi connectivity index (χ4v) is 0.839. The first-order valence-corrected chi connectivity index (χ1v) is 3.69. The molecule has 5 nitrogen and oxygen atoms in total. The Morgan fingerprint density at radius 2 is 2.00 bits per heavy atom. The average molecular weight is 174 g/mol. The van der Waals surface area contributed by atoms with Crippen LogP contribution in [0.5, 0.6) is 0 Å². The summed E-state index contributed by atoms with van der Waals surface area (Å²) >= 11 is 0. The molecule has 0 aromatic carbocycles. The van der Waals surface area contributed by atoms with E-state index in [9.17, 15) is 9.59 Å². The number of carbonyl (C=O) groups excluding carboxylic acids is 1. The topological polar surface area (TPSA) is 83.6 Å². The summed E-state index contributed by atoms with van der Waals surface area (Å²) in [7, 11) is 0. The Hall–Kier alpha value is -1.26. The van der Waals surface area contributed by atoms with Crippen LogP contribution in [-0.4, -0.2) is 35.1 Å². The molecule has 0 saturated carbocycles. The lowest BCUT2D eigenvalue weighted by molar-refractivity contribution is -0.118. The van der Waals surface area contributed by atoms with Gasteiger partial charge < -0.3 is 10.8 Å². The Balaban J connectivity index is 4.04. The van der Waals surface area contributed by atoms with Gasteiger partial charge in [0.15, 0.2) is 0 Å². The van der Waals surface area contributed by atoms with Crippen LogP contribution >= 0.6 is 0 Å². The van der Waals surface area contributed by atoms with Crippen LogP contribution < -0.4 is 5.73 Å². The highest BCUT2D eigenvalue weighted by atomic mass is 16.4. The molecule has 0 unspecified atom stereocenters. The molecular weight excluding hydrogens is 160 g/mol.